The summed E-state index contributed by atoms with van der Waals surface area (Å²) >= 11 is 5.82. The van der Waals surface area contributed by atoms with Gasteiger partial charge in [0.25, 0.3) is 0 Å². The normalized spacial score (nSPS) is 11.4. The SMILES string of the molecule is Cn1cnc(Cn2c(CCl)nc3ccc(F)c(F)c32)n1. The molecule has 1 aromatic carbocycles. The van der Waals surface area contributed by atoms with Crippen LogP contribution in [0.5, 0.6) is 0 Å². The van der Waals surface area contributed by atoms with E-state index in [1.165, 1.54) is 21.6 Å². The quantitative estimate of drug-likeness (QED) is 0.697. The Bertz CT molecular complexity index is 780. The summed E-state index contributed by atoms with van der Waals surface area (Å²) in [6.45, 7) is 0.180. The molecule has 0 aliphatic carbocycles. The summed E-state index contributed by atoms with van der Waals surface area (Å²) in [6, 6.07) is 2.47. The van der Waals surface area contributed by atoms with Crippen LogP contribution in [0, 0.1) is 11.6 Å². The molecule has 2 heterocycles. The Kier molecular flexibility index (Phi) is 3.13. The van der Waals surface area contributed by atoms with E-state index in [2.05, 4.69) is 15.1 Å². The van der Waals surface area contributed by atoms with Gasteiger partial charge in [0.15, 0.2) is 17.5 Å². The summed E-state index contributed by atoms with van der Waals surface area (Å²) in [7, 11) is 1.73. The summed E-state index contributed by atoms with van der Waals surface area (Å²) in [5, 5.41) is 4.12. The molecule has 0 saturated heterocycles. The van der Waals surface area contributed by atoms with Crippen LogP contribution in [-0.4, -0.2) is 24.3 Å². The van der Waals surface area contributed by atoms with Gasteiger partial charge in [0.2, 0.25) is 0 Å². The molecule has 0 fully saturated rings. The Hall–Kier alpha value is -2.02. The second-order valence-corrected chi connectivity index (χ2v) is 4.58. The van der Waals surface area contributed by atoms with Crippen LogP contribution in [0.2, 0.25) is 0 Å². The number of hydrogen-bond donors (Lipinski definition) is 0. The first kappa shape index (κ1) is 13.0. The fourth-order valence-electron chi connectivity index (χ4n) is 2.08. The van der Waals surface area contributed by atoms with Crippen LogP contribution in [-0.2, 0) is 19.5 Å². The average Bonchev–Trinajstić information content (AvgIpc) is 2.99. The molecular formula is C12H10ClF2N5. The van der Waals surface area contributed by atoms with E-state index in [1.54, 1.807) is 7.05 Å². The molecule has 0 saturated carbocycles. The van der Waals surface area contributed by atoms with Crippen LogP contribution in [0.3, 0.4) is 0 Å². The van der Waals surface area contributed by atoms with E-state index in [9.17, 15) is 8.78 Å². The first-order valence-electron chi connectivity index (χ1n) is 5.83. The van der Waals surface area contributed by atoms with Crippen molar-refractivity contribution >= 4 is 22.6 Å². The van der Waals surface area contributed by atoms with Crippen molar-refractivity contribution in [2.45, 2.75) is 12.4 Å². The molecule has 3 aromatic rings. The van der Waals surface area contributed by atoms with Crippen molar-refractivity contribution in [3.8, 4) is 0 Å². The first-order valence-corrected chi connectivity index (χ1v) is 6.37. The summed E-state index contributed by atoms with van der Waals surface area (Å²) in [5.74, 6) is -0.862. The third kappa shape index (κ3) is 2.03. The smallest absolute Gasteiger partial charge is 0.184 e. The summed E-state index contributed by atoms with van der Waals surface area (Å²) in [4.78, 5) is 8.27. The van der Waals surface area contributed by atoms with Gasteiger partial charge in [-0.15, -0.1) is 11.6 Å². The third-order valence-corrected chi connectivity index (χ3v) is 3.18. The molecule has 0 atom stereocenters. The lowest BCUT2D eigenvalue weighted by molar-refractivity contribution is 0.511. The molecule has 0 spiro atoms. The Morgan fingerprint density at radius 1 is 1.30 bits per heavy atom. The van der Waals surface area contributed by atoms with Gasteiger partial charge in [-0.2, -0.15) is 5.10 Å². The minimum Gasteiger partial charge on any atom is -0.317 e. The lowest BCUT2D eigenvalue weighted by Crippen LogP contribution is -2.07. The number of halogens is 3. The summed E-state index contributed by atoms with van der Waals surface area (Å²) < 4.78 is 30.4. The minimum atomic E-state index is -0.942. The Balaban J connectivity index is 2.19. The zero-order valence-electron chi connectivity index (χ0n) is 10.5. The maximum atomic E-state index is 14.0. The van der Waals surface area contributed by atoms with Gasteiger partial charge in [-0.1, -0.05) is 0 Å². The van der Waals surface area contributed by atoms with Crippen LogP contribution >= 0.6 is 11.6 Å². The molecule has 5 nitrogen and oxygen atoms in total. The zero-order valence-corrected chi connectivity index (χ0v) is 11.3. The number of rotatable bonds is 3. The molecule has 0 N–H and O–H groups in total. The molecule has 20 heavy (non-hydrogen) atoms. The van der Waals surface area contributed by atoms with Gasteiger partial charge in [0.1, 0.15) is 17.7 Å². The highest BCUT2D eigenvalue weighted by molar-refractivity contribution is 6.16. The van der Waals surface area contributed by atoms with Crippen molar-refractivity contribution < 1.29 is 8.78 Å². The van der Waals surface area contributed by atoms with Crippen LogP contribution < -0.4 is 0 Å². The highest BCUT2D eigenvalue weighted by Crippen LogP contribution is 2.23. The van der Waals surface area contributed by atoms with Crippen LogP contribution in [0.25, 0.3) is 11.0 Å². The van der Waals surface area contributed by atoms with Crippen LogP contribution in [0.1, 0.15) is 11.6 Å². The Morgan fingerprint density at radius 2 is 2.10 bits per heavy atom. The van der Waals surface area contributed by atoms with E-state index < -0.39 is 11.6 Å². The second kappa shape index (κ2) is 4.82. The summed E-state index contributed by atoms with van der Waals surface area (Å²) in [5.41, 5.74) is 0.434. The lowest BCUT2D eigenvalue weighted by atomic mass is 10.3. The van der Waals surface area contributed by atoms with Gasteiger partial charge in [0, 0.05) is 7.05 Å². The number of benzene rings is 1. The van der Waals surface area contributed by atoms with Crippen molar-refractivity contribution in [3.05, 3.63) is 41.7 Å². The number of alkyl halides is 1. The zero-order chi connectivity index (χ0) is 14.3. The maximum Gasteiger partial charge on any atom is 0.184 e. The number of nitrogens with zero attached hydrogens (tertiary/aromatic N) is 5. The topological polar surface area (TPSA) is 48.5 Å². The van der Waals surface area contributed by atoms with E-state index in [0.29, 0.717) is 17.2 Å². The monoisotopic (exact) mass is 297 g/mol. The molecule has 104 valence electrons. The molecular weight excluding hydrogens is 288 g/mol. The molecule has 2 aromatic heterocycles. The van der Waals surface area contributed by atoms with Gasteiger partial charge in [-0.05, 0) is 12.1 Å². The van der Waals surface area contributed by atoms with Crippen LogP contribution in [0.15, 0.2) is 18.5 Å². The molecule has 0 amide bonds. The standard InChI is InChI=1S/C12H10ClF2N5/c1-19-6-16-9(18-19)5-20-10(4-13)17-8-3-2-7(14)11(15)12(8)20/h2-3,6H,4-5H2,1H3. The highest BCUT2D eigenvalue weighted by atomic mass is 35.5. The second-order valence-electron chi connectivity index (χ2n) is 4.31. The summed E-state index contributed by atoms with van der Waals surface area (Å²) in [6.07, 6.45) is 1.53. The van der Waals surface area contributed by atoms with Crippen molar-refractivity contribution in [1.29, 1.82) is 0 Å². The van der Waals surface area contributed by atoms with Crippen LogP contribution in [0.4, 0.5) is 8.78 Å². The lowest BCUT2D eigenvalue weighted by Gasteiger charge is -2.05. The molecule has 0 aliphatic heterocycles. The number of imidazole rings is 1. The average molecular weight is 298 g/mol. The molecule has 0 bridgehead atoms. The molecule has 3 rings (SSSR count). The fraction of sp³-hybridized carbons (Fsp3) is 0.250. The highest BCUT2D eigenvalue weighted by Gasteiger charge is 2.18. The number of hydrogen-bond acceptors (Lipinski definition) is 3. The Morgan fingerprint density at radius 3 is 2.75 bits per heavy atom. The van der Waals surface area contributed by atoms with Gasteiger partial charge < -0.3 is 4.57 Å². The molecule has 0 aliphatic rings. The van der Waals surface area contributed by atoms with Crippen molar-refractivity contribution in [2.24, 2.45) is 7.05 Å². The number of fused-ring (bicyclic) bond motifs is 1. The maximum absolute atomic E-state index is 14.0. The van der Waals surface area contributed by atoms with Gasteiger partial charge in [-0.3, -0.25) is 4.68 Å². The van der Waals surface area contributed by atoms with Gasteiger partial charge in [0.05, 0.1) is 17.9 Å². The van der Waals surface area contributed by atoms with Crippen molar-refractivity contribution in [1.82, 2.24) is 24.3 Å². The number of aryl methyl sites for hydroxylation is 1. The van der Waals surface area contributed by atoms with E-state index in [0.717, 1.165) is 6.07 Å². The van der Waals surface area contributed by atoms with Crippen molar-refractivity contribution in [3.63, 3.8) is 0 Å². The fourth-order valence-corrected chi connectivity index (χ4v) is 2.28. The minimum absolute atomic E-state index is 0.0769. The van der Waals surface area contributed by atoms with Crippen molar-refractivity contribution in [2.75, 3.05) is 0 Å². The Labute approximate surface area is 117 Å². The predicted molar refractivity (Wildman–Crippen MR) is 69.3 cm³/mol. The largest absolute Gasteiger partial charge is 0.317 e. The first-order chi connectivity index (χ1) is 9.60. The van der Waals surface area contributed by atoms with E-state index >= 15 is 0 Å². The van der Waals surface area contributed by atoms with E-state index in [1.807, 2.05) is 0 Å². The predicted octanol–water partition coefficient (Wildman–Crippen LogP) is 2.23. The van der Waals surface area contributed by atoms with E-state index in [4.69, 9.17) is 11.6 Å². The van der Waals surface area contributed by atoms with E-state index in [-0.39, 0.29) is 17.9 Å². The number of aromatic nitrogens is 5. The molecule has 8 heteroatoms. The van der Waals surface area contributed by atoms with Gasteiger partial charge in [-0.25, -0.2) is 18.7 Å². The van der Waals surface area contributed by atoms with Gasteiger partial charge >= 0.3 is 0 Å². The molecule has 0 unspecified atom stereocenters. The molecule has 0 radical (unpaired) electrons. The third-order valence-electron chi connectivity index (χ3n) is 2.94.